The summed E-state index contributed by atoms with van der Waals surface area (Å²) in [6, 6.07) is 10.7. The number of anilines is 1. The molecule has 3 aromatic rings. The monoisotopic (exact) mass is 365 g/mol. The molecule has 1 aromatic carbocycles. The van der Waals surface area contributed by atoms with E-state index in [1.54, 1.807) is 12.3 Å². The summed E-state index contributed by atoms with van der Waals surface area (Å²) in [4.78, 5) is 20.5. The van der Waals surface area contributed by atoms with Gasteiger partial charge in [-0.15, -0.1) is 0 Å². The van der Waals surface area contributed by atoms with Crippen LogP contribution in [0.15, 0.2) is 47.4 Å². The van der Waals surface area contributed by atoms with E-state index >= 15 is 0 Å². The SMILES string of the molecule is CC(C)Oc1ccc(-c2nc(N)ncc2-c2ccc(=O)n(C(C)C)n2)cc1. The van der Waals surface area contributed by atoms with Crippen molar-refractivity contribution in [1.29, 1.82) is 0 Å². The van der Waals surface area contributed by atoms with Crippen molar-refractivity contribution in [1.82, 2.24) is 19.7 Å². The molecule has 0 aliphatic heterocycles. The van der Waals surface area contributed by atoms with Crippen LogP contribution in [0.3, 0.4) is 0 Å². The lowest BCUT2D eigenvalue weighted by atomic mass is 10.0. The molecule has 140 valence electrons. The van der Waals surface area contributed by atoms with Crippen molar-refractivity contribution in [2.45, 2.75) is 39.8 Å². The van der Waals surface area contributed by atoms with Gasteiger partial charge in [0.1, 0.15) is 5.75 Å². The zero-order valence-corrected chi connectivity index (χ0v) is 15.9. The largest absolute Gasteiger partial charge is 0.491 e. The van der Waals surface area contributed by atoms with Crippen LogP contribution in [0, 0.1) is 0 Å². The molecule has 0 saturated heterocycles. The molecule has 7 nitrogen and oxygen atoms in total. The Morgan fingerprint density at radius 1 is 1.04 bits per heavy atom. The Hall–Kier alpha value is -3.22. The molecule has 0 aliphatic carbocycles. The Labute approximate surface area is 157 Å². The first-order valence-corrected chi connectivity index (χ1v) is 8.85. The van der Waals surface area contributed by atoms with E-state index in [4.69, 9.17) is 10.5 Å². The minimum absolute atomic E-state index is 0.0527. The fourth-order valence-electron chi connectivity index (χ4n) is 2.71. The average molecular weight is 365 g/mol. The number of hydrogen-bond acceptors (Lipinski definition) is 6. The summed E-state index contributed by atoms with van der Waals surface area (Å²) in [5, 5.41) is 4.47. The third-order valence-corrected chi connectivity index (χ3v) is 3.90. The maximum Gasteiger partial charge on any atom is 0.267 e. The molecule has 0 unspecified atom stereocenters. The van der Waals surface area contributed by atoms with E-state index in [1.165, 1.54) is 10.7 Å². The van der Waals surface area contributed by atoms with Gasteiger partial charge in [0.05, 0.1) is 23.5 Å². The van der Waals surface area contributed by atoms with Gasteiger partial charge in [-0.05, 0) is 58.0 Å². The first kappa shape index (κ1) is 18.6. The number of nitrogens with two attached hydrogens (primary N) is 1. The summed E-state index contributed by atoms with van der Waals surface area (Å²) in [7, 11) is 0. The molecule has 2 N–H and O–H groups in total. The van der Waals surface area contributed by atoms with E-state index in [1.807, 2.05) is 52.0 Å². The van der Waals surface area contributed by atoms with Crippen molar-refractivity contribution >= 4 is 5.95 Å². The molecule has 3 rings (SSSR count). The number of aromatic nitrogens is 4. The highest BCUT2D eigenvalue weighted by atomic mass is 16.5. The van der Waals surface area contributed by atoms with Crippen molar-refractivity contribution < 1.29 is 4.74 Å². The van der Waals surface area contributed by atoms with Gasteiger partial charge in [-0.3, -0.25) is 4.79 Å². The smallest absolute Gasteiger partial charge is 0.267 e. The van der Waals surface area contributed by atoms with Gasteiger partial charge in [0.2, 0.25) is 5.95 Å². The molecule has 0 bridgehead atoms. The number of hydrogen-bond donors (Lipinski definition) is 1. The van der Waals surface area contributed by atoms with Crippen molar-refractivity contribution in [2.75, 3.05) is 5.73 Å². The summed E-state index contributed by atoms with van der Waals surface area (Å²) < 4.78 is 7.13. The highest BCUT2D eigenvalue weighted by Gasteiger charge is 2.14. The van der Waals surface area contributed by atoms with Crippen molar-refractivity contribution in [3.05, 3.63) is 52.9 Å². The van der Waals surface area contributed by atoms with E-state index in [0.717, 1.165) is 11.3 Å². The van der Waals surface area contributed by atoms with Crippen LogP contribution >= 0.6 is 0 Å². The fourth-order valence-corrected chi connectivity index (χ4v) is 2.71. The second kappa shape index (κ2) is 7.57. The van der Waals surface area contributed by atoms with E-state index in [-0.39, 0.29) is 23.7 Å². The van der Waals surface area contributed by atoms with Gasteiger partial charge in [-0.1, -0.05) is 0 Å². The molecule has 27 heavy (non-hydrogen) atoms. The standard InChI is InChI=1S/C20H23N5O2/c1-12(2)25-18(26)10-9-17(24-25)16-11-22-20(21)23-19(16)14-5-7-15(8-6-14)27-13(3)4/h5-13H,1-4H3,(H2,21,22,23). The van der Waals surface area contributed by atoms with E-state index in [0.29, 0.717) is 17.0 Å². The molecular formula is C20H23N5O2. The van der Waals surface area contributed by atoms with Crippen LogP contribution in [-0.2, 0) is 0 Å². The molecule has 0 atom stereocenters. The zero-order chi connectivity index (χ0) is 19.6. The van der Waals surface area contributed by atoms with Gasteiger partial charge in [0.25, 0.3) is 5.56 Å². The molecule has 7 heteroatoms. The molecule has 0 fully saturated rings. The van der Waals surface area contributed by atoms with E-state index < -0.39 is 0 Å². The fraction of sp³-hybridized carbons (Fsp3) is 0.300. The average Bonchev–Trinajstić information content (AvgIpc) is 2.62. The van der Waals surface area contributed by atoms with Crippen molar-refractivity contribution in [3.63, 3.8) is 0 Å². The Morgan fingerprint density at radius 2 is 1.74 bits per heavy atom. The maximum atomic E-state index is 12.0. The van der Waals surface area contributed by atoms with Crippen molar-refractivity contribution in [3.8, 4) is 28.3 Å². The number of benzene rings is 1. The third kappa shape index (κ3) is 4.13. The molecule has 2 aromatic heterocycles. The number of nitrogen functional groups attached to an aromatic ring is 1. The summed E-state index contributed by atoms with van der Waals surface area (Å²) in [6.07, 6.45) is 1.73. The van der Waals surface area contributed by atoms with Gasteiger partial charge in [-0.25, -0.2) is 14.6 Å². The highest BCUT2D eigenvalue weighted by molar-refractivity contribution is 5.79. The van der Waals surface area contributed by atoms with Crippen LogP contribution in [0.4, 0.5) is 5.95 Å². The summed E-state index contributed by atoms with van der Waals surface area (Å²) >= 11 is 0. The summed E-state index contributed by atoms with van der Waals surface area (Å²) in [6.45, 7) is 7.77. The van der Waals surface area contributed by atoms with Crippen molar-refractivity contribution in [2.24, 2.45) is 0 Å². The van der Waals surface area contributed by atoms with Crippen LogP contribution in [-0.4, -0.2) is 25.9 Å². The van der Waals surface area contributed by atoms with E-state index in [2.05, 4.69) is 15.1 Å². The Balaban J connectivity index is 2.09. The molecule has 0 aliphatic rings. The first-order chi connectivity index (χ1) is 12.8. The molecular weight excluding hydrogens is 342 g/mol. The minimum atomic E-state index is -0.151. The normalized spacial score (nSPS) is 11.2. The highest BCUT2D eigenvalue weighted by Crippen LogP contribution is 2.30. The lowest BCUT2D eigenvalue weighted by Crippen LogP contribution is -2.24. The van der Waals surface area contributed by atoms with Crippen LogP contribution in [0.5, 0.6) is 5.75 Å². The second-order valence-corrected chi connectivity index (χ2v) is 6.78. The molecule has 0 spiro atoms. The second-order valence-electron chi connectivity index (χ2n) is 6.78. The van der Waals surface area contributed by atoms with Gasteiger partial charge < -0.3 is 10.5 Å². The van der Waals surface area contributed by atoms with Crippen LogP contribution in [0.25, 0.3) is 22.5 Å². The summed E-state index contributed by atoms with van der Waals surface area (Å²) in [5.41, 5.74) is 8.50. The van der Waals surface area contributed by atoms with E-state index in [9.17, 15) is 4.79 Å². The van der Waals surface area contributed by atoms with Gasteiger partial charge in [0.15, 0.2) is 0 Å². The topological polar surface area (TPSA) is 95.9 Å². The molecule has 0 saturated carbocycles. The Morgan fingerprint density at radius 3 is 2.37 bits per heavy atom. The third-order valence-electron chi connectivity index (χ3n) is 3.90. The van der Waals surface area contributed by atoms with Gasteiger partial charge in [-0.2, -0.15) is 5.10 Å². The quantitative estimate of drug-likeness (QED) is 0.745. The predicted octanol–water partition coefficient (Wildman–Crippen LogP) is 3.32. The van der Waals surface area contributed by atoms with Gasteiger partial charge in [0, 0.05) is 23.4 Å². The predicted molar refractivity (Wildman–Crippen MR) is 106 cm³/mol. The van der Waals surface area contributed by atoms with Crippen LogP contribution in [0.1, 0.15) is 33.7 Å². The Kier molecular flexibility index (Phi) is 5.21. The molecule has 0 radical (unpaired) electrons. The lowest BCUT2D eigenvalue weighted by molar-refractivity contribution is 0.242. The zero-order valence-electron chi connectivity index (χ0n) is 15.9. The van der Waals surface area contributed by atoms with Gasteiger partial charge >= 0.3 is 0 Å². The number of nitrogens with zero attached hydrogens (tertiary/aromatic N) is 4. The lowest BCUT2D eigenvalue weighted by Gasteiger charge is -2.13. The van der Waals surface area contributed by atoms with Crippen LogP contribution in [0.2, 0.25) is 0 Å². The summed E-state index contributed by atoms with van der Waals surface area (Å²) in [5.74, 6) is 0.956. The molecule has 2 heterocycles. The minimum Gasteiger partial charge on any atom is -0.491 e. The maximum absolute atomic E-state index is 12.0. The number of ether oxygens (including phenoxy) is 1. The molecule has 0 amide bonds. The first-order valence-electron chi connectivity index (χ1n) is 8.85. The number of rotatable bonds is 5. The van der Waals surface area contributed by atoms with Crippen LogP contribution < -0.4 is 16.0 Å². The Bertz CT molecular complexity index is 994.